The van der Waals surface area contributed by atoms with Gasteiger partial charge >= 0.3 is 0 Å². The zero-order valence-electron chi connectivity index (χ0n) is 10.9. The molecule has 2 heterocycles. The molecule has 2 aromatic heterocycles. The van der Waals surface area contributed by atoms with Gasteiger partial charge in [0.15, 0.2) is 0 Å². The van der Waals surface area contributed by atoms with E-state index in [9.17, 15) is 0 Å². The maximum atomic E-state index is 4.62. The van der Waals surface area contributed by atoms with Crippen LogP contribution in [-0.4, -0.2) is 9.97 Å². The molecule has 0 spiro atoms. The average Bonchev–Trinajstić information content (AvgIpc) is 3.01. The van der Waals surface area contributed by atoms with Gasteiger partial charge in [0.2, 0.25) is 0 Å². The quantitative estimate of drug-likeness (QED) is 0.791. The van der Waals surface area contributed by atoms with E-state index in [0.717, 1.165) is 22.1 Å². The highest BCUT2D eigenvalue weighted by atomic mass is 32.1. The molecule has 0 fully saturated rings. The first-order valence-corrected chi connectivity index (χ1v) is 7.86. The predicted molar refractivity (Wildman–Crippen MR) is 81.7 cm³/mol. The van der Waals surface area contributed by atoms with Gasteiger partial charge in [0.05, 0.1) is 16.3 Å². The van der Waals surface area contributed by atoms with Crippen LogP contribution < -0.4 is 5.32 Å². The number of benzene rings is 1. The lowest BCUT2D eigenvalue weighted by atomic mass is 10.3. The molecular formula is C14H15N3S2. The van der Waals surface area contributed by atoms with Crippen molar-refractivity contribution in [3.8, 4) is 0 Å². The lowest BCUT2D eigenvalue weighted by Crippen LogP contribution is -2.17. The van der Waals surface area contributed by atoms with E-state index in [-0.39, 0.29) is 6.04 Å². The summed E-state index contributed by atoms with van der Waals surface area (Å²) in [5, 5.41) is 5.75. The molecule has 1 unspecified atom stereocenters. The Morgan fingerprint density at radius 1 is 1.26 bits per heavy atom. The van der Waals surface area contributed by atoms with E-state index >= 15 is 0 Å². The van der Waals surface area contributed by atoms with Gasteiger partial charge in [-0.3, -0.25) is 0 Å². The van der Waals surface area contributed by atoms with Crippen LogP contribution in [0.2, 0.25) is 0 Å². The maximum absolute atomic E-state index is 4.62. The Morgan fingerprint density at radius 2 is 2.11 bits per heavy atom. The van der Waals surface area contributed by atoms with Crippen LogP contribution in [0.3, 0.4) is 0 Å². The highest BCUT2D eigenvalue weighted by molar-refractivity contribution is 7.18. The first-order valence-electron chi connectivity index (χ1n) is 6.22. The Morgan fingerprint density at radius 3 is 2.84 bits per heavy atom. The second kappa shape index (κ2) is 5.36. The number of fused-ring (bicyclic) bond motifs is 1. The van der Waals surface area contributed by atoms with Crippen LogP contribution in [0.15, 0.2) is 30.5 Å². The van der Waals surface area contributed by atoms with Gasteiger partial charge < -0.3 is 5.32 Å². The van der Waals surface area contributed by atoms with Gasteiger partial charge in [-0.15, -0.1) is 22.7 Å². The Kier molecular flexibility index (Phi) is 3.59. The monoisotopic (exact) mass is 289 g/mol. The van der Waals surface area contributed by atoms with Gasteiger partial charge in [-0.2, -0.15) is 0 Å². The Bertz CT molecular complexity index is 654. The largest absolute Gasteiger partial charge is 0.302 e. The summed E-state index contributed by atoms with van der Waals surface area (Å²) >= 11 is 3.49. The summed E-state index contributed by atoms with van der Waals surface area (Å²) in [7, 11) is 0. The van der Waals surface area contributed by atoms with E-state index in [1.165, 1.54) is 9.58 Å². The second-order valence-electron chi connectivity index (χ2n) is 4.49. The van der Waals surface area contributed by atoms with E-state index in [2.05, 4.69) is 47.3 Å². The van der Waals surface area contributed by atoms with Gasteiger partial charge in [0, 0.05) is 17.6 Å². The van der Waals surface area contributed by atoms with Crippen molar-refractivity contribution in [2.45, 2.75) is 26.4 Å². The fourth-order valence-electron chi connectivity index (χ4n) is 1.90. The van der Waals surface area contributed by atoms with Crippen molar-refractivity contribution in [1.29, 1.82) is 0 Å². The Hall–Kier alpha value is -1.30. The minimum atomic E-state index is 0.269. The third-order valence-corrected chi connectivity index (χ3v) is 5.04. The zero-order valence-corrected chi connectivity index (χ0v) is 12.5. The number of rotatable bonds is 4. The summed E-state index contributed by atoms with van der Waals surface area (Å²) in [5.41, 5.74) is 1.09. The number of nitrogens with one attached hydrogen (secondary N) is 1. The van der Waals surface area contributed by atoms with E-state index in [4.69, 9.17) is 0 Å². The Balaban J connectivity index is 1.68. The molecule has 3 aromatic rings. The molecule has 1 aromatic carbocycles. The number of hydrogen-bond acceptors (Lipinski definition) is 5. The third-order valence-electron chi connectivity index (χ3n) is 2.91. The molecule has 0 aliphatic carbocycles. The molecule has 3 nitrogen and oxygen atoms in total. The Labute approximate surface area is 120 Å². The van der Waals surface area contributed by atoms with Crippen molar-refractivity contribution >= 4 is 32.9 Å². The number of hydrogen-bond donors (Lipinski definition) is 1. The second-order valence-corrected chi connectivity index (χ2v) is 6.87. The smallest absolute Gasteiger partial charge is 0.109 e. The molecule has 19 heavy (non-hydrogen) atoms. The number of aryl methyl sites for hydroxylation is 1. The van der Waals surface area contributed by atoms with Crippen LogP contribution in [0.1, 0.15) is 27.9 Å². The normalized spacial score (nSPS) is 12.9. The van der Waals surface area contributed by atoms with E-state index < -0.39 is 0 Å². The summed E-state index contributed by atoms with van der Waals surface area (Å²) in [6.45, 7) is 5.02. The lowest BCUT2D eigenvalue weighted by molar-refractivity contribution is 0.571. The number of para-hydroxylation sites is 1. The van der Waals surface area contributed by atoms with Crippen molar-refractivity contribution < 1.29 is 0 Å². The molecule has 0 aliphatic heterocycles. The number of thiazole rings is 2. The highest BCUT2D eigenvalue weighted by Crippen LogP contribution is 2.23. The molecule has 5 heteroatoms. The standard InChI is InChI=1S/C14H15N3S2/c1-9-7-16-14(18-9)10(2)15-8-13-17-11-5-3-4-6-12(11)19-13/h3-7,10,15H,8H2,1-2H3. The first-order chi connectivity index (χ1) is 9.22. The summed E-state index contributed by atoms with van der Waals surface area (Å²) in [6.07, 6.45) is 1.93. The summed E-state index contributed by atoms with van der Waals surface area (Å²) in [5.74, 6) is 0. The van der Waals surface area contributed by atoms with Crippen LogP contribution in [0, 0.1) is 6.92 Å². The van der Waals surface area contributed by atoms with Crippen LogP contribution in [0.4, 0.5) is 0 Å². The number of nitrogens with zero attached hydrogens (tertiary/aromatic N) is 2. The van der Waals surface area contributed by atoms with Gasteiger partial charge in [-0.25, -0.2) is 9.97 Å². The van der Waals surface area contributed by atoms with Crippen molar-refractivity contribution in [2.24, 2.45) is 0 Å². The maximum Gasteiger partial charge on any atom is 0.109 e. The molecule has 3 rings (SSSR count). The van der Waals surface area contributed by atoms with E-state index in [0.29, 0.717) is 0 Å². The molecule has 0 saturated carbocycles. The molecule has 0 amide bonds. The minimum Gasteiger partial charge on any atom is -0.302 e. The summed E-state index contributed by atoms with van der Waals surface area (Å²) in [4.78, 5) is 10.3. The van der Waals surface area contributed by atoms with Crippen molar-refractivity contribution in [3.63, 3.8) is 0 Å². The van der Waals surface area contributed by atoms with Crippen LogP contribution >= 0.6 is 22.7 Å². The highest BCUT2D eigenvalue weighted by Gasteiger charge is 2.10. The molecule has 98 valence electrons. The third kappa shape index (κ3) is 2.83. The SMILES string of the molecule is Cc1cnc(C(C)NCc2nc3ccccc3s2)s1. The topological polar surface area (TPSA) is 37.8 Å². The van der Waals surface area contributed by atoms with Crippen molar-refractivity contribution in [2.75, 3.05) is 0 Å². The molecule has 0 bridgehead atoms. The minimum absolute atomic E-state index is 0.269. The fourth-order valence-corrected chi connectivity index (χ4v) is 3.61. The first kappa shape index (κ1) is 12.7. The fraction of sp³-hybridized carbons (Fsp3) is 0.286. The predicted octanol–water partition coefficient (Wildman–Crippen LogP) is 3.91. The molecule has 0 radical (unpaired) electrons. The van der Waals surface area contributed by atoms with Crippen LogP contribution in [0.5, 0.6) is 0 Å². The summed E-state index contributed by atoms with van der Waals surface area (Å²) in [6, 6.07) is 8.53. The van der Waals surface area contributed by atoms with Gasteiger partial charge in [0.1, 0.15) is 10.0 Å². The van der Waals surface area contributed by atoms with E-state index in [1.807, 2.05) is 12.3 Å². The van der Waals surface area contributed by atoms with E-state index in [1.54, 1.807) is 22.7 Å². The molecule has 0 aliphatic rings. The van der Waals surface area contributed by atoms with Gasteiger partial charge in [0.25, 0.3) is 0 Å². The van der Waals surface area contributed by atoms with Gasteiger partial charge in [-0.1, -0.05) is 12.1 Å². The average molecular weight is 289 g/mol. The van der Waals surface area contributed by atoms with Crippen molar-refractivity contribution in [3.05, 3.63) is 45.4 Å². The van der Waals surface area contributed by atoms with Crippen LogP contribution in [0.25, 0.3) is 10.2 Å². The lowest BCUT2D eigenvalue weighted by Gasteiger charge is -2.08. The number of aromatic nitrogens is 2. The molecular weight excluding hydrogens is 274 g/mol. The van der Waals surface area contributed by atoms with Crippen LogP contribution in [-0.2, 0) is 6.54 Å². The molecule has 1 atom stereocenters. The molecule has 1 N–H and O–H groups in total. The van der Waals surface area contributed by atoms with Gasteiger partial charge in [-0.05, 0) is 26.0 Å². The van der Waals surface area contributed by atoms with Crippen molar-refractivity contribution in [1.82, 2.24) is 15.3 Å². The molecule has 0 saturated heterocycles. The zero-order chi connectivity index (χ0) is 13.2. The summed E-state index contributed by atoms with van der Waals surface area (Å²) < 4.78 is 1.25.